The molecule has 0 aliphatic rings. The fraction of sp³-hybridized carbons (Fsp3) is 0.312. The average Bonchev–Trinajstić information content (AvgIpc) is 3.12. The summed E-state index contributed by atoms with van der Waals surface area (Å²) in [5, 5.41) is 2.79. The molecule has 0 spiro atoms. The number of hydrogen-bond donors (Lipinski definition) is 3. The number of benzene rings is 1. The van der Waals surface area contributed by atoms with Crippen LogP contribution in [0.2, 0.25) is 0 Å². The molecule has 8 heteroatoms. The first kappa shape index (κ1) is 16.1. The van der Waals surface area contributed by atoms with Crippen LogP contribution in [0, 0.1) is 12.7 Å². The molecule has 1 atom stereocenters. The average molecular weight is 331 g/mol. The van der Waals surface area contributed by atoms with Gasteiger partial charge in [0.15, 0.2) is 0 Å². The van der Waals surface area contributed by atoms with Gasteiger partial charge in [-0.05, 0) is 32.0 Å². The maximum absolute atomic E-state index is 13.1. The van der Waals surface area contributed by atoms with Gasteiger partial charge in [0, 0.05) is 11.9 Å². The summed E-state index contributed by atoms with van der Waals surface area (Å²) >= 11 is 0. The van der Waals surface area contributed by atoms with E-state index in [1.165, 1.54) is 12.1 Å². The summed E-state index contributed by atoms with van der Waals surface area (Å²) in [7, 11) is 0. The topological polar surface area (TPSA) is 95.7 Å². The van der Waals surface area contributed by atoms with E-state index < -0.39 is 0 Å². The molecule has 0 aliphatic carbocycles. The lowest BCUT2D eigenvalue weighted by Gasteiger charge is -2.11. The molecule has 0 bridgehead atoms. The van der Waals surface area contributed by atoms with Gasteiger partial charge in [0.05, 0.1) is 17.1 Å². The third-order valence-electron chi connectivity index (χ3n) is 3.48. The predicted octanol–water partition coefficient (Wildman–Crippen LogP) is 2.13. The molecule has 0 saturated heterocycles. The van der Waals surface area contributed by atoms with E-state index in [2.05, 4.69) is 25.3 Å². The molecule has 1 amide bonds. The molecular weight excluding hydrogens is 313 g/mol. The third kappa shape index (κ3) is 3.77. The Morgan fingerprint density at radius 3 is 3.00 bits per heavy atom. The van der Waals surface area contributed by atoms with Crippen molar-refractivity contribution >= 4 is 16.9 Å². The summed E-state index contributed by atoms with van der Waals surface area (Å²) in [5.41, 5.74) is 2.18. The molecule has 0 fully saturated rings. The molecule has 24 heavy (non-hydrogen) atoms. The van der Waals surface area contributed by atoms with Gasteiger partial charge in [-0.15, -0.1) is 0 Å². The number of carbonyl (C=O) groups is 1. The van der Waals surface area contributed by atoms with E-state index in [-0.39, 0.29) is 31.0 Å². The number of carbonyl (C=O) groups excluding carboxylic acids is 1. The van der Waals surface area contributed by atoms with Crippen LogP contribution in [0.25, 0.3) is 11.0 Å². The van der Waals surface area contributed by atoms with Gasteiger partial charge >= 0.3 is 0 Å². The second kappa shape index (κ2) is 6.79. The number of ether oxygens (including phenoxy) is 1. The molecule has 7 nitrogen and oxygen atoms in total. The zero-order valence-electron chi connectivity index (χ0n) is 13.4. The number of aromatic nitrogens is 4. The van der Waals surface area contributed by atoms with E-state index in [9.17, 15) is 9.18 Å². The zero-order chi connectivity index (χ0) is 17.1. The van der Waals surface area contributed by atoms with Crippen LogP contribution < -0.4 is 5.32 Å². The Morgan fingerprint density at radius 1 is 1.42 bits per heavy atom. The van der Waals surface area contributed by atoms with Gasteiger partial charge in [0.1, 0.15) is 30.7 Å². The number of rotatable bonds is 6. The minimum Gasteiger partial charge on any atom is -0.364 e. The van der Waals surface area contributed by atoms with E-state index in [0.29, 0.717) is 22.7 Å². The van der Waals surface area contributed by atoms with Crippen molar-refractivity contribution in [3.05, 3.63) is 47.6 Å². The van der Waals surface area contributed by atoms with Crippen LogP contribution in [0.5, 0.6) is 0 Å². The lowest BCUT2D eigenvalue weighted by molar-refractivity contribution is -0.126. The second-order valence-corrected chi connectivity index (χ2v) is 5.58. The monoisotopic (exact) mass is 331 g/mol. The Hall–Kier alpha value is -2.74. The van der Waals surface area contributed by atoms with Crippen molar-refractivity contribution < 1.29 is 13.9 Å². The highest BCUT2D eigenvalue weighted by atomic mass is 19.1. The highest BCUT2D eigenvalue weighted by Gasteiger charge is 2.12. The first-order chi connectivity index (χ1) is 11.5. The van der Waals surface area contributed by atoms with Crippen molar-refractivity contribution in [1.29, 1.82) is 0 Å². The van der Waals surface area contributed by atoms with Gasteiger partial charge in [-0.2, -0.15) is 0 Å². The number of aryl methyl sites for hydroxylation is 1. The minimum absolute atomic E-state index is 0.102. The standard InChI is InChI=1S/C16H18FN5O2/c1-9-6-18-16(19-9)10(2)20-15(23)8-24-7-14-21-12-4-3-11(17)5-13(12)22-14/h3-6,10H,7-8H2,1-2H3,(H,18,19)(H,20,23)(H,21,22)/t10-/m1/s1. The fourth-order valence-electron chi connectivity index (χ4n) is 2.35. The normalized spacial score (nSPS) is 12.5. The Balaban J connectivity index is 1.49. The van der Waals surface area contributed by atoms with Gasteiger partial charge in [-0.3, -0.25) is 4.79 Å². The molecule has 0 saturated carbocycles. The van der Waals surface area contributed by atoms with Crippen molar-refractivity contribution in [2.75, 3.05) is 6.61 Å². The maximum atomic E-state index is 13.1. The molecule has 3 rings (SSSR count). The van der Waals surface area contributed by atoms with Crippen LogP contribution in [0.3, 0.4) is 0 Å². The minimum atomic E-state index is -0.333. The molecule has 126 valence electrons. The Bertz CT molecular complexity index is 857. The maximum Gasteiger partial charge on any atom is 0.246 e. The first-order valence-corrected chi connectivity index (χ1v) is 7.54. The van der Waals surface area contributed by atoms with Crippen LogP contribution >= 0.6 is 0 Å². The van der Waals surface area contributed by atoms with Crippen molar-refractivity contribution in [1.82, 2.24) is 25.3 Å². The number of fused-ring (bicyclic) bond motifs is 1. The molecule has 2 aromatic heterocycles. The van der Waals surface area contributed by atoms with Gasteiger partial charge in [-0.25, -0.2) is 14.4 Å². The van der Waals surface area contributed by atoms with Crippen LogP contribution in [0.15, 0.2) is 24.4 Å². The first-order valence-electron chi connectivity index (χ1n) is 7.54. The van der Waals surface area contributed by atoms with E-state index in [1.807, 2.05) is 13.8 Å². The largest absolute Gasteiger partial charge is 0.364 e. The molecule has 3 N–H and O–H groups in total. The summed E-state index contributed by atoms with van der Waals surface area (Å²) < 4.78 is 18.5. The number of amides is 1. The molecule has 0 unspecified atom stereocenters. The summed E-state index contributed by atoms with van der Waals surface area (Å²) in [6, 6.07) is 4.07. The highest BCUT2D eigenvalue weighted by molar-refractivity contribution is 5.77. The fourth-order valence-corrected chi connectivity index (χ4v) is 2.35. The summed E-state index contributed by atoms with van der Waals surface area (Å²) in [5.74, 6) is 0.650. The lowest BCUT2D eigenvalue weighted by Crippen LogP contribution is -2.30. The smallest absolute Gasteiger partial charge is 0.246 e. The predicted molar refractivity (Wildman–Crippen MR) is 85.6 cm³/mol. The molecule has 2 heterocycles. The summed E-state index contributed by atoms with van der Waals surface area (Å²) in [6.45, 7) is 3.77. The molecular formula is C16H18FN5O2. The van der Waals surface area contributed by atoms with Gasteiger partial charge in [-0.1, -0.05) is 0 Å². The quantitative estimate of drug-likeness (QED) is 0.645. The van der Waals surface area contributed by atoms with Crippen LogP contribution in [-0.2, 0) is 16.1 Å². The molecule has 3 aromatic rings. The Kier molecular flexibility index (Phi) is 4.57. The van der Waals surface area contributed by atoms with Crippen molar-refractivity contribution in [3.63, 3.8) is 0 Å². The number of halogens is 1. The van der Waals surface area contributed by atoms with E-state index in [4.69, 9.17) is 4.74 Å². The highest BCUT2D eigenvalue weighted by Crippen LogP contribution is 2.13. The van der Waals surface area contributed by atoms with Crippen molar-refractivity contribution in [2.45, 2.75) is 26.5 Å². The van der Waals surface area contributed by atoms with Gasteiger partial charge < -0.3 is 20.0 Å². The summed E-state index contributed by atoms with van der Waals surface area (Å²) in [4.78, 5) is 26.3. The number of imidazole rings is 2. The van der Waals surface area contributed by atoms with Gasteiger partial charge in [0.2, 0.25) is 5.91 Å². The number of H-pyrrole nitrogens is 2. The van der Waals surface area contributed by atoms with Crippen LogP contribution in [0.4, 0.5) is 4.39 Å². The second-order valence-electron chi connectivity index (χ2n) is 5.58. The number of nitrogens with one attached hydrogen (secondary N) is 3. The van der Waals surface area contributed by atoms with E-state index >= 15 is 0 Å². The number of aromatic amines is 2. The lowest BCUT2D eigenvalue weighted by atomic mass is 10.3. The SMILES string of the molecule is Cc1cnc([C@@H](C)NC(=O)COCc2nc3ccc(F)cc3[nH]2)[nH]1. The third-order valence-corrected chi connectivity index (χ3v) is 3.48. The Morgan fingerprint density at radius 2 is 2.25 bits per heavy atom. The number of hydrogen-bond acceptors (Lipinski definition) is 4. The number of nitrogens with zero attached hydrogens (tertiary/aromatic N) is 2. The molecule has 0 aliphatic heterocycles. The summed E-state index contributed by atoms with van der Waals surface area (Å²) in [6.07, 6.45) is 1.71. The molecule has 1 aromatic carbocycles. The Labute approximate surface area is 137 Å². The van der Waals surface area contributed by atoms with Crippen molar-refractivity contribution in [3.8, 4) is 0 Å². The zero-order valence-corrected chi connectivity index (χ0v) is 13.4. The van der Waals surface area contributed by atoms with Crippen molar-refractivity contribution in [2.24, 2.45) is 0 Å². The van der Waals surface area contributed by atoms with Crippen LogP contribution in [0.1, 0.15) is 30.3 Å². The van der Waals surface area contributed by atoms with E-state index in [0.717, 1.165) is 5.69 Å². The van der Waals surface area contributed by atoms with Crippen LogP contribution in [-0.4, -0.2) is 32.4 Å². The van der Waals surface area contributed by atoms with Gasteiger partial charge in [0.25, 0.3) is 0 Å². The molecule has 0 radical (unpaired) electrons. The van der Waals surface area contributed by atoms with E-state index in [1.54, 1.807) is 12.3 Å².